The first-order valence-electron chi connectivity index (χ1n) is 6.45. The van der Waals surface area contributed by atoms with E-state index in [2.05, 4.69) is 17.9 Å². The maximum Gasteiger partial charge on any atom is 0.117 e. The zero-order valence-electron chi connectivity index (χ0n) is 10.4. The van der Waals surface area contributed by atoms with Crippen LogP contribution in [0, 0.1) is 0 Å². The van der Waals surface area contributed by atoms with E-state index in [0.29, 0.717) is 11.8 Å². The molecule has 0 aliphatic carbocycles. The molecular weight excluding hydrogens is 214 g/mol. The summed E-state index contributed by atoms with van der Waals surface area (Å²) in [5.74, 6) is 0.342. The summed E-state index contributed by atoms with van der Waals surface area (Å²) in [6.45, 7) is 3.35. The highest BCUT2D eigenvalue weighted by Crippen LogP contribution is 2.30. The maximum absolute atomic E-state index is 9.73. The molecule has 1 aliphatic heterocycles. The molecule has 3 heteroatoms. The third-order valence-electron chi connectivity index (χ3n) is 3.54. The van der Waals surface area contributed by atoms with Crippen LogP contribution in [0.25, 0.3) is 0 Å². The van der Waals surface area contributed by atoms with Gasteiger partial charge in [-0.2, -0.15) is 0 Å². The number of benzene rings is 1. The van der Waals surface area contributed by atoms with Gasteiger partial charge in [-0.1, -0.05) is 6.92 Å². The SMILES string of the molecule is CCc1cc(O)cc(N2CCCC2CCO)c1. The third-order valence-corrected chi connectivity index (χ3v) is 3.54. The van der Waals surface area contributed by atoms with Gasteiger partial charge in [0.15, 0.2) is 0 Å². The Labute approximate surface area is 103 Å². The molecule has 0 amide bonds. The predicted octanol–water partition coefficient (Wildman–Crippen LogP) is 2.31. The molecule has 0 aromatic heterocycles. The number of aromatic hydroxyl groups is 1. The normalized spacial score (nSPS) is 19.9. The fourth-order valence-corrected chi connectivity index (χ4v) is 2.65. The molecule has 2 rings (SSSR count). The molecule has 3 nitrogen and oxygen atoms in total. The van der Waals surface area contributed by atoms with Gasteiger partial charge in [0, 0.05) is 30.9 Å². The largest absolute Gasteiger partial charge is 0.508 e. The van der Waals surface area contributed by atoms with Gasteiger partial charge in [0.2, 0.25) is 0 Å². The van der Waals surface area contributed by atoms with Crippen LogP contribution in [-0.4, -0.2) is 29.4 Å². The minimum atomic E-state index is 0.237. The fraction of sp³-hybridized carbons (Fsp3) is 0.571. The van der Waals surface area contributed by atoms with Crippen molar-refractivity contribution >= 4 is 5.69 Å². The van der Waals surface area contributed by atoms with Gasteiger partial charge in [0.25, 0.3) is 0 Å². The van der Waals surface area contributed by atoms with Crippen molar-refractivity contribution in [3.63, 3.8) is 0 Å². The lowest BCUT2D eigenvalue weighted by Crippen LogP contribution is -2.29. The van der Waals surface area contributed by atoms with Crippen LogP contribution < -0.4 is 4.90 Å². The molecule has 0 radical (unpaired) electrons. The molecule has 1 atom stereocenters. The highest BCUT2D eigenvalue weighted by Gasteiger charge is 2.24. The Morgan fingerprint density at radius 2 is 2.18 bits per heavy atom. The Balaban J connectivity index is 2.23. The molecule has 1 aliphatic rings. The van der Waals surface area contributed by atoms with Gasteiger partial charge in [-0.15, -0.1) is 0 Å². The Hall–Kier alpha value is -1.22. The number of rotatable bonds is 4. The van der Waals surface area contributed by atoms with Gasteiger partial charge in [-0.25, -0.2) is 0 Å². The molecule has 0 saturated carbocycles. The van der Waals surface area contributed by atoms with Gasteiger partial charge in [0.1, 0.15) is 5.75 Å². The molecular formula is C14H21NO2. The van der Waals surface area contributed by atoms with Crippen LogP contribution in [0.3, 0.4) is 0 Å². The summed E-state index contributed by atoms with van der Waals surface area (Å²) < 4.78 is 0. The van der Waals surface area contributed by atoms with Crippen LogP contribution in [0.2, 0.25) is 0 Å². The standard InChI is InChI=1S/C14H21NO2/c1-2-11-8-13(10-14(17)9-11)15-6-3-4-12(15)5-7-16/h8-10,12,16-17H,2-7H2,1H3. The summed E-state index contributed by atoms with van der Waals surface area (Å²) in [6.07, 6.45) is 4.05. The van der Waals surface area contributed by atoms with Crippen molar-refractivity contribution in [2.75, 3.05) is 18.1 Å². The van der Waals surface area contributed by atoms with E-state index in [1.54, 1.807) is 0 Å². The highest BCUT2D eigenvalue weighted by molar-refractivity contribution is 5.54. The van der Waals surface area contributed by atoms with E-state index in [1.165, 1.54) is 6.42 Å². The van der Waals surface area contributed by atoms with E-state index < -0.39 is 0 Å². The Morgan fingerprint density at radius 1 is 1.35 bits per heavy atom. The van der Waals surface area contributed by atoms with E-state index in [9.17, 15) is 5.11 Å². The van der Waals surface area contributed by atoms with Crippen LogP contribution in [0.5, 0.6) is 5.75 Å². The lowest BCUT2D eigenvalue weighted by molar-refractivity contribution is 0.276. The first-order valence-corrected chi connectivity index (χ1v) is 6.45. The van der Waals surface area contributed by atoms with E-state index in [4.69, 9.17) is 5.11 Å². The molecule has 1 heterocycles. The molecule has 1 aromatic rings. The van der Waals surface area contributed by atoms with Crippen LogP contribution in [-0.2, 0) is 6.42 Å². The number of hydrogen-bond donors (Lipinski definition) is 2. The van der Waals surface area contributed by atoms with Gasteiger partial charge in [-0.05, 0) is 43.4 Å². The summed E-state index contributed by atoms with van der Waals surface area (Å²) in [5, 5.41) is 18.8. The molecule has 94 valence electrons. The van der Waals surface area contributed by atoms with Crippen molar-refractivity contribution < 1.29 is 10.2 Å². The number of aliphatic hydroxyl groups excluding tert-OH is 1. The molecule has 1 saturated heterocycles. The second-order valence-corrected chi connectivity index (χ2v) is 4.71. The topological polar surface area (TPSA) is 43.7 Å². The van der Waals surface area contributed by atoms with Crippen molar-refractivity contribution in [3.8, 4) is 5.75 Å². The third kappa shape index (κ3) is 2.72. The molecule has 1 unspecified atom stereocenters. The monoisotopic (exact) mass is 235 g/mol. The van der Waals surface area contributed by atoms with E-state index in [-0.39, 0.29) is 6.61 Å². The number of aliphatic hydroxyl groups is 1. The number of anilines is 1. The molecule has 1 fully saturated rings. The lowest BCUT2D eigenvalue weighted by atomic mass is 10.1. The van der Waals surface area contributed by atoms with E-state index in [1.807, 2.05) is 12.1 Å². The summed E-state index contributed by atoms with van der Waals surface area (Å²) >= 11 is 0. The van der Waals surface area contributed by atoms with Crippen molar-refractivity contribution in [1.29, 1.82) is 0 Å². The second kappa shape index (κ2) is 5.41. The van der Waals surface area contributed by atoms with E-state index >= 15 is 0 Å². The zero-order valence-corrected chi connectivity index (χ0v) is 10.4. The van der Waals surface area contributed by atoms with Gasteiger partial charge in [0.05, 0.1) is 0 Å². The zero-order chi connectivity index (χ0) is 12.3. The molecule has 0 spiro atoms. The Kier molecular flexibility index (Phi) is 3.89. The van der Waals surface area contributed by atoms with E-state index in [0.717, 1.165) is 37.1 Å². The summed E-state index contributed by atoms with van der Waals surface area (Å²) in [5.41, 5.74) is 2.26. The van der Waals surface area contributed by atoms with Crippen LogP contribution in [0.1, 0.15) is 31.7 Å². The maximum atomic E-state index is 9.73. The first kappa shape index (κ1) is 12.2. The van der Waals surface area contributed by atoms with Crippen molar-refractivity contribution in [2.45, 2.75) is 38.6 Å². The molecule has 17 heavy (non-hydrogen) atoms. The predicted molar refractivity (Wildman–Crippen MR) is 69.6 cm³/mol. The van der Waals surface area contributed by atoms with Crippen molar-refractivity contribution in [3.05, 3.63) is 23.8 Å². The first-order chi connectivity index (χ1) is 8.24. The lowest BCUT2D eigenvalue weighted by Gasteiger charge is -2.27. The summed E-state index contributed by atoms with van der Waals surface area (Å²) in [6, 6.07) is 6.22. The number of hydrogen-bond acceptors (Lipinski definition) is 3. The van der Waals surface area contributed by atoms with Gasteiger partial charge < -0.3 is 15.1 Å². The minimum Gasteiger partial charge on any atom is -0.508 e. The number of phenols is 1. The van der Waals surface area contributed by atoms with Crippen LogP contribution in [0.15, 0.2) is 18.2 Å². The number of nitrogens with zero attached hydrogens (tertiary/aromatic N) is 1. The Bertz CT molecular complexity index is 378. The minimum absolute atomic E-state index is 0.237. The molecule has 1 aromatic carbocycles. The van der Waals surface area contributed by atoms with Crippen LogP contribution >= 0.6 is 0 Å². The fourth-order valence-electron chi connectivity index (χ4n) is 2.65. The van der Waals surface area contributed by atoms with Gasteiger partial charge >= 0.3 is 0 Å². The Morgan fingerprint density at radius 3 is 2.88 bits per heavy atom. The van der Waals surface area contributed by atoms with Crippen LogP contribution in [0.4, 0.5) is 5.69 Å². The highest BCUT2D eigenvalue weighted by atomic mass is 16.3. The average Bonchev–Trinajstić information content (AvgIpc) is 2.77. The smallest absolute Gasteiger partial charge is 0.117 e. The summed E-state index contributed by atoms with van der Waals surface area (Å²) in [4.78, 5) is 2.31. The average molecular weight is 235 g/mol. The van der Waals surface area contributed by atoms with Crippen molar-refractivity contribution in [2.24, 2.45) is 0 Å². The molecule has 2 N–H and O–H groups in total. The van der Waals surface area contributed by atoms with Gasteiger partial charge in [-0.3, -0.25) is 0 Å². The number of aryl methyl sites for hydroxylation is 1. The summed E-state index contributed by atoms with van der Waals surface area (Å²) in [7, 11) is 0. The molecule has 0 bridgehead atoms. The quantitative estimate of drug-likeness (QED) is 0.841. The van der Waals surface area contributed by atoms with Crippen molar-refractivity contribution in [1.82, 2.24) is 0 Å². The number of phenolic OH excluding ortho intramolecular Hbond substituents is 1. The second-order valence-electron chi connectivity index (χ2n) is 4.71.